The van der Waals surface area contributed by atoms with E-state index in [1.165, 1.54) is 5.56 Å². The van der Waals surface area contributed by atoms with E-state index in [1.807, 2.05) is 50.2 Å². The second-order valence-corrected chi connectivity index (χ2v) is 6.65. The first kappa shape index (κ1) is 19.0. The Morgan fingerprint density at radius 3 is 2.40 bits per heavy atom. The summed E-state index contributed by atoms with van der Waals surface area (Å²) in [6.07, 6.45) is 1.14. The minimum atomic E-state index is -0.508. The quantitative estimate of drug-likeness (QED) is 0.711. The van der Waals surface area contributed by atoms with Crippen molar-refractivity contribution in [2.24, 2.45) is 0 Å². The van der Waals surface area contributed by atoms with E-state index in [0.717, 1.165) is 29.0 Å². The number of anilines is 1. The molecule has 3 heteroatoms. The minimum absolute atomic E-state index is 0.107. The van der Waals surface area contributed by atoms with Gasteiger partial charge >= 0.3 is 0 Å². The zero-order valence-electron chi connectivity index (χ0n) is 15.9. The van der Waals surface area contributed by atoms with Crippen LogP contribution in [0, 0.1) is 13.8 Å². The zero-order valence-corrected chi connectivity index (χ0v) is 15.9. The first-order valence-electron chi connectivity index (χ1n) is 9.09. The molecule has 0 radical (unpaired) electrons. The standard InChI is InChI=1S/C22H29NO2/c1-6-15(3)19-10-8-9-11-21(19)25-20(7-2)22(24)23-18-13-12-16(4)17(5)14-18/h8-15,20H,6-7H2,1-5H3,(H,23,24). The second-order valence-electron chi connectivity index (χ2n) is 6.65. The van der Waals surface area contributed by atoms with Crippen molar-refractivity contribution in [3.63, 3.8) is 0 Å². The molecule has 0 saturated carbocycles. The summed E-state index contributed by atoms with van der Waals surface area (Å²) in [4.78, 5) is 12.7. The van der Waals surface area contributed by atoms with E-state index in [9.17, 15) is 4.79 Å². The molecule has 3 nitrogen and oxygen atoms in total. The molecule has 25 heavy (non-hydrogen) atoms. The van der Waals surface area contributed by atoms with Gasteiger partial charge in [-0.25, -0.2) is 0 Å². The molecule has 0 aromatic heterocycles. The molecular formula is C22H29NO2. The van der Waals surface area contributed by atoms with Crippen LogP contribution >= 0.6 is 0 Å². The van der Waals surface area contributed by atoms with Crippen LogP contribution in [0.5, 0.6) is 5.75 Å². The van der Waals surface area contributed by atoms with Crippen molar-refractivity contribution in [3.8, 4) is 5.75 Å². The number of carbonyl (C=O) groups excluding carboxylic acids is 1. The van der Waals surface area contributed by atoms with E-state index >= 15 is 0 Å². The maximum atomic E-state index is 12.7. The van der Waals surface area contributed by atoms with E-state index in [4.69, 9.17) is 4.74 Å². The van der Waals surface area contributed by atoms with Crippen LogP contribution in [0.3, 0.4) is 0 Å². The largest absolute Gasteiger partial charge is 0.480 e. The zero-order chi connectivity index (χ0) is 18.4. The maximum absolute atomic E-state index is 12.7. The molecule has 2 aromatic rings. The molecule has 0 aliphatic carbocycles. The highest BCUT2D eigenvalue weighted by atomic mass is 16.5. The number of benzene rings is 2. The van der Waals surface area contributed by atoms with Gasteiger partial charge in [0.05, 0.1) is 0 Å². The Labute approximate surface area is 151 Å². The molecule has 0 bridgehead atoms. The molecule has 2 aromatic carbocycles. The number of aryl methyl sites for hydroxylation is 2. The molecule has 2 atom stereocenters. The second kappa shape index (κ2) is 8.70. The third kappa shape index (κ3) is 4.85. The third-order valence-electron chi connectivity index (χ3n) is 4.77. The van der Waals surface area contributed by atoms with Gasteiger partial charge in [-0.2, -0.15) is 0 Å². The van der Waals surface area contributed by atoms with Crippen LogP contribution in [0.4, 0.5) is 5.69 Å². The van der Waals surface area contributed by atoms with E-state index in [-0.39, 0.29) is 5.91 Å². The molecule has 0 spiro atoms. The molecule has 0 fully saturated rings. The Kier molecular flexibility index (Phi) is 6.63. The predicted octanol–water partition coefficient (Wildman–Crippen LogP) is 5.61. The maximum Gasteiger partial charge on any atom is 0.265 e. The summed E-state index contributed by atoms with van der Waals surface area (Å²) in [5.74, 6) is 1.10. The molecule has 0 aliphatic rings. The molecule has 2 rings (SSSR count). The van der Waals surface area contributed by atoms with Gasteiger partial charge in [0.25, 0.3) is 5.91 Å². The van der Waals surface area contributed by atoms with Gasteiger partial charge in [-0.3, -0.25) is 4.79 Å². The number of hydrogen-bond donors (Lipinski definition) is 1. The van der Waals surface area contributed by atoms with Crippen LogP contribution in [0.2, 0.25) is 0 Å². The summed E-state index contributed by atoms with van der Waals surface area (Å²) < 4.78 is 6.09. The number of amides is 1. The number of hydrogen-bond acceptors (Lipinski definition) is 2. The Hall–Kier alpha value is -2.29. The van der Waals surface area contributed by atoms with Crippen LogP contribution in [-0.2, 0) is 4.79 Å². The highest BCUT2D eigenvalue weighted by Crippen LogP contribution is 2.29. The smallest absolute Gasteiger partial charge is 0.265 e. The lowest BCUT2D eigenvalue weighted by atomic mass is 9.98. The van der Waals surface area contributed by atoms with Crippen molar-refractivity contribution < 1.29 is 9.53 Å². The van der Waals surface area contributed by atoms with Gasteiger partial charge in [-0.05, 0) is 67.5 Å². The summed E-state index contributed by atoms with van der Waals surface area (Å²) in [7, 11) is 0. The average Bonchev–Trinajstić information content (AvgIpc) is 2.62. The van der Waals surface area contributed by atoms with Crippen LogP contribution in [0.1, 0.15) is 56.2 Å². The van der Waals surface area contributed by atoms with Gasteiger partial charge in [-0.15, -0.1) is 0 Å². The monoisotopic (exact) mass is 339 g/mol. The number of rotatable bonds is 7. The molecule has 2 unspecified atom stereocenters. The van der Waals surface area contributed by atoms with Crippen molar-refractivity contribution in [3.05, 3.63) is 59.2 Å². The van der Waals surface area contributed by atoms with Gasteiger partial charge < -0.3 is 10.1 Å². The van der Waals surface area contributed by atoms with E-state index < -0.39 is 6.10 Å². The molecule has 0 saturated heterocycles. The Morgan fingerprint density at radius 1 is 1.04 bits per heavy atom. The van der Waals surface area contributed by atoms with E-state index in [0.29, 0.717) is 12.3 Å². The van der Waals surface area contributed by atoms with Crippen molar-refractivity contribution in [1.82, 2.24) is 0 Å². The number of nitrogens with one attached hydrogen (secondary N) is 1. The van der Waals surface area contributed by atoms with Gasteiger partial charge in [0.2, 0.25) is 0 Å². The fourth-order valence-electron chi connectivity index (χ4n) is 2.73. The fourth-order valence-corrected chi connectivity index (χ4v) is 2.73. The SMILES string of the molecule is CCC(Oc1ccccc1C(C)CC)C(=O)Nc1ccc(C)c(C)c1. The molecule has 134 valence electrons. The minimum Gasteiger partial charge on any atom is -0.480 e. The van der Waals surface area contributed by atoms with Crippen LogP contribution < -0.4 is 10.1 Å². The topological polar surface area (TPSA) is 38.3 Å². The van der Waals surface area contributed by atoms with Gasteiger partial charge in [0.15, 0.2) is 6.10 Å². The number of ether oxygens (including phenoxy) is 1. The van der Waals surface area contributed by atoms with Crippen LogP contribution in [-0.4, -0.2) is 12.0 Å². The van der Waals surface area contributed by atoms with E-state index in [2.05, 4.69) is 32.2 Å². The van der Waals surface area contributed by atoms with Crippen molar-refractivity contribution in [2.45, 2.75) is 59.5 Å². The predicted molar refractivity (Wildman–Crippen MR) is 104 cm³/mol. The molecule has 1 amide bonds. The van der Waals surface area contributed by atoms with Crippen molar-refractivity contribution >= 4 is 11.6 Å². The number of para-hydroxylation sites is 1. The highest BCUT2D eigenvalue weighted by Gasteiger charge is 2.21. The third-order valence-corrected chi connectivity index (χ3v) is 4.77. The Bertz CT molecular complexity index is 724. The van der Waals surface area contributed by atoms with Gasteiger partial charge in [0, 0.05) is 5.69 Å². The molecular weight excluding hydrogens is 310 g/mol. The lowest BCUT2D eigenvalue weighted by molar-refractivity contribution is -0.122. The summed E-state index contributed by atoms with van der Waals surface area (Å²) in [6, 6.07) is 13.9. The Balaban J connectivity index is 2.14. The number of carbonyl (C=O) groups is 1. The summed E-state index contributed by atoms with van der Waals surface area (Å²) >= 11 is 0. The first-order chi connectivity index (χ1) is 12.0. The lowest BCUT2D eigenvalue weighted by Crippen LogP contribution is -2.32. The fraction of sp³-hybridized carbons (Fsp3) is 0.409. The van der Waals surface area contributed by atoms with Gasteiger partial charge in [0.1, 0.15) is 5.75 Å². The van der Waals surface area contributed by atoms with E-state index in [1.54, 1.807) is 0 Å². The molecule has 0 aliphatic heterocycles. The van der Waals surface area contributed by atoms with Gasteiger partial charge in [-0.1, -0.05) is 45.0 Å². The normalized spacial score (nSPS) is 13.2. The Morgan fingerprint density at radius 2 is 1.76 bits per heavy atom. The molecule has 1 N–H and O–H groups in total. The first-order valence-corrected chi connectivity index (χ1v) is 9.09. The van der Waals surface area contributed by atoms with Crippen molar-refractivity contribution in [2.75, 3.05) is 5.32 Å². The van der Waals surface area contributed by atoms with Crippen LogP contribution in [0.15, 0.2) is 42.5 Å². The summed E-state index contributed by atoms with van der Waals surface area (Å²) in [6.45, 7) is 10.4. The summed E-state index contributed by atoms with van der Waals surface area (Å²) in [5.41, 5.74) is 4.34. The van der Waals surface area contributed by atoms with Crippen molar-refractivity contribution in [1.29, 1.82) is 0 Å². The van der Waals surface area contributed by atoms with Crippen LogP contribution in [0.25, 0.3) is 0 Å². The average molecular weight is 339 g/mol. The molecule has 0 heterocycles. The lowest BCUT2D eigenvalue weighted by Gasteiger charge is -2.21. The summed E-state index contributed by atoms with van der Waals surface area (Å²) in [5, 5.41) is 2.98. The highest BCUT2D eigenvalue weighted by molar-refractivity contribution is 5.94.